The van der Waals surface area contributed by atoms with Crippen molar-refractivity contribution in [2.24, 2.45) is 0 Å². The molecule has 0 unspecified atom stereocenters. The van der Waals surface area contributed by atoms with Crippen LogP contribution in [-0.4, -0.2) is 19.9 Å². The summed E-state index contributed by atoms with van der Waals surface area (Å²) in [5.74, 6) is 0. The smallest absolute Gasteiger partial charge is 0.141 e. The molecule has 4 aromatic heterocycles. The molecule has 4 aromatic carbocycles. The Hall–Kier alpha value is -4.52. The summed E-state index contributed by atoms with van der Waals surface area (Å²) in [7, 11) is 0. The molecule has 0 aliphatic rings. The van der Waals surface area contributed by atoms with Gasteiger partial charge in [0.1, 0.15) is 10.0 Å². The zero-order valence-electron chi connectivity index (χ0n) is 20.0. The molecular formula is C32H18N4S2. The van der Waals surface area contributed by atoms with Crippen molar-refractivity contribution in [1.29, 1.82) is 0 Å². The predicted molar refractivity (Wildman–Crippen MR) is 159 cm³/mol. The Balaban J connectivity index is 1.36. The average molecular weight is 523 g/mol. The summed E-state index contributed by atoms with van der Waals surface area (Å²) in [6, 6.07) is 30.1. The van der Waals surface area contributed by atoms with E-state index in [1.54, 1.807) is 22.7 Å². The summed E-state index contributed by atoms with van der Waals surface area (Å²) in [5, 5.41) is 13.2. The Bertz CT molecular complexity index is 1930. The number of thiazole rings is 2. The van der Waals surface area contributed by atoms with E-state index >= 15 is 0 Å². The molecule has 6 heteroatoms. The fourth-order valence-corrected chi connectivity index (χ4v) is 6.57. The van der Waals surface area contributed by atoms with E-state index in [2.05, 4.69) is 82.8 Å². The monoisotopic (exact) mass is 522 g/mol. The van der Waals surface area contributed by atoms with Gasteiger partial charge >= 0.3 is 0 Å². The number of nitrogens with zero attached hydrogens (tertiary/aromatic N) is 4. The Kier molecular flexibility index (Phi) is 4.83. The molecule has 8 aromatic rings. The first-order valence-corrected chi connectivity index (χ1v) is 14.0. The van der Waals surface area contributed by atoms with E-state index < -0.39 is 0 Å². The number of rotatable bonds is 4. The summed E-state index contributed by atoms with van der Waals surface area (Å²) >= 11 is 3.21. The van der Waals surface area contributed by atoms with Crippen LogP contribution >= 0.6 is 22.7 Å². The lowest BCUT2D eigenvalue weighted by Gasteiger charge is -2.16. The minimum absolute atomic E-state index is 0.900. The maximum Gasteiger partial charge on any atom is 0.141 e. The van der Waals surface area contributed by atoms with Crippen molar-refractivity contribution in [1.82, 2.24) is 19.9 Å². The first-order valence-electron chi connectivity index (χ1n) is 12.3. The molecule has 0 saturated carbocycles. The van der Waals surface area contributed by atoms with Crippen LogP contribution in [0.2, 0.25) is 0 Å². The lowest BCUT2D eigenvalue weighted by Crippen LogP contribution is -1.93. The van der Waals surface area contributed by atoms with E-state index in [4.69, 9.17) is 9.97 Å². The third-order valence-corrected chi connectivity index (χ3v) is 8.61. The van der Waals surface area contributed by atoms with Gasteiger partial charge in [-0.1, -0.05) is 60.7 Å². The largest absolute Gasteiger partial charge is 0.245 e. The molecule has 4 heterocycles. The van der Waals surface area contributed by atoms with E-state index in [9.17, 15) is 0 Å². The van der Waals surface area contributed by atoms with Crippen LogP contribution in [0.5, 0.6) is 0 Å². The van der Waals surface area contributed by atoms with Gasteiger partial charge in [0.2, 0.25) is 0 Å². The van der Waals surface area contributed by atoms with E-state index in [0.29, 0.717) is 0 Å². The van der Waals surface area contributed by atoms with Crippen LogP contribution in [0.3, 0.4) is 0 Å². The third-order valence-electron chi connectivity index (χ3n) is 7.02. The normalized spacial score (nSPS) is 11.7. The highest BCUT2D eigenvalue weighted by atomic mass is 32.1. The van der Waals surface area contributed by atoms with Gasteiger partial charge in [0.05, 0.1) is 22.8 Å². The van der Waals surface area contributed by atoms with E-state index in [0.717, 1.165) is 43.9 Å². The number of hydrogen-bond acceptors (Lipinski definition) is 6. The first kappa shape index (κ1) is 21.6. The molecule has 38 heavy (non-hydrogen) atoms. The Morgan fingerprint density at radius 2 is 0.895 bits per heavy atom. The van der Waals surface area contributed by atoms with Crippen molar-refractivity contribution in [3.05, 3.63) is 108 Å². The van der Waals surface area contributed by atoms with Gasteiger partial charge in [-0.15, -0.1) is 22.7 Å². The molecule has 4 nitrogen and oxygen atoms in total. The Labute approximate surface area is 226 Å². The SMILES string of the molecule is c1cc(-c2nccs2)nc(-c2ccc3ccc4c(-c5cccc(-c6nccs6)n5)ccc5ccc2c3c54)c1. The third kappa shape index (κ3) is 3.35. The number of benzene rings is 4. The van der Waals surface area contributed by atoms with Crippen LogP contribution in [0.1, 0.15) is 0 Å². The maximum atomic E-state index is 5.00. The highest BCUT2D eigenvalue weighted by molar-refractivity contribution is 7.13. The molecule has 0 amide bonds. The molecular weight excluding hydrogens is 505 g/mol. The minimum Gasteiger partial charge on any atom is -0.245 e. The van der Waals surface area contributed by atoms with Gasteiger partial charge in [-0.2, -0.15) is 0 Å². The summed E-state index contributed by atoms with van der Waals surface area (Å²) in [6.07, 6.45) is 3.65. The molecule has 0 aliphatic heterocycles. The van der Waals surface area contributed by atoms with Gasteiger partial charge < -0.3 is 0 Å². The minimum atomic E-state index is 0.900. The van der Waals surface area contributed by atoms with Gasteiger partial charge in [0, 0.05) is 34.3 Å². The fourth-order valence-electron chi connectivity index (χ4n) is 5.36. The van der Waals surface area contributed by atoms with Crippen LogP contribution in [0.4, 0.5) is 0 Å². The van der Waals surface area contributed by atoms with E-state index in [1.165, 1.54) is 32.3 Å². The topological polar surface area (TPSA) is 51.6 Å². The van der Waals surface area contributed by atoms with E-state index in [-0.39, 0.29) is 0 Å². The van der Waals surface area contributed by atoms with Crippen LogP contribution in [0.25, 0.3) is 76.2 Å². The van der Waals surface area contributed by atoms with Gasteiger partial charge in [-0.3, -0.25) is 0 Å². The quantitative estimate of drug-likeness (QED) is 0.217. The Morgan fingerprint density at radius 1 is 0.447 bits per heavy atom. The van der Waals surface area contributed by atoms with Crippen LogP contribution in [0.15, 0.2) is 108 Å². The molecule has 0 fully saturated rings. The molecule has 8 rings (SSSR count). The fraction of sp³-hybridized carbons (Fsp3) is 0. The van der Waals surface area contributed by atoms with Crippen molar-refractivity contribution in [2.45, 2.75) is 0 Å². The van der Waals surface area contributed by atoms with Crippen molar-refractivity contribution < 1.29 is 0 Å². The number of hydrogen-bond donors (Lipinski definition) is 0. The van der Waals surface area contributed by atoms with Gasteiger partial charge in [0.25, 0.3) is 0 Å². The highest BCUT2D eigenvalue weighted by Gasteiger charge is 2.16. The summed E-state index contributed by atoms with van der Waals surface area (Å²) in [6.45, 7) is 0. The van der Waals surface area contributed by atoms with Crippen molar-refractivity contribution in [2.75, 3.05) is 0 Å². The molecule has 0 N–H and O–H groups in total. The lowest BCUT2D eigenvalue weighted by molar-refractivity contribution is 1.29. The highest BCUT2D eigenvalue weighted by Crippen LogP contribution is 2.42. The predicted octanol–water partition coefficient (Wildman–Crippen LogP) is 8.95. The van der Waals surface area contributed by atoms with Crippen LogP contribution in [-0.2, 0) is 0 Å². The standard InChI is InChI=1S/C32H18N4S2/c1-3-25(35-27(5-1)31-33-15-17-37-31)21-11-7-19-10-14-24-22(12-8-20-9-13-23(21)29(19)30(20)24)26-4-2-6-28(36-26)32-34-16-18-38-32/h1-18H. The lowest BCUT2D eigenvalue weighted by atomic mass is 9.88. The van der Waals surface area contributed by atoms with Crippen molar-refractivity contribution >= 4 is 55.0 Å². The van der Waals surface area contributed by atoms with Gasteiger partial charge in [-0.05, 0) is 56.6 Å². The summed E-state index contributed by atoms with van der Waals surface area (Å²) < 4.78 is 0. The summed E-state index contributed by atoms with van der Waals surface area (Å²) in [4.78, 5) is 18.9. The molecule has 0 spiro atoms. The molecule has 0 radical (unpaired) electrons. The molecule has 178 valence electrons. The second-order valence-electron chi connectivity index (χ2n) is 9.14. The zero-order chi connectivity index (χ0) is 25.1. The number of pyridine rings is 2. The summed E-state index contributed by atoms with van der Waals surface area (Å²) in [5.41, 5.74) is 5.95. The van der Waals surface area contributed by atoms with Crippen molar-refractivity contribution in [3.8, 4) is 43.9 Å². The first-order chi connectivity index (χ1) is 18.8. The average Bonchev–Trinajstić information content (AvgIpc) is 3.71. The van der Waals surface area contributed by atoms with Crippen LogP contribution < -0.4 is 0 Å². The second kappa shape index (κ2) is 8.52. The maximum absolute atomic E-state index is 5.00. The molecule has 0 bridgehead atoms. The molecule has 0 saturated heterocycles. The molecule has 0 atom stereocenters. The van der Waals surface area contributed by atoms with Gasteiger partial charge in [-0.25, -0.2) is 19.9 Å². The van der Waals surface area contributed by atoms with Crippen molar-refractivity contribution in [3.63, 3.8) is 0 Å². The van der Waals surface area contributed by atoms with Gasteiger partial charge in [0.15, 0.2) is 0 Å². The zero-order valence-corrected chi connectivity index (χ0v) is 21.6. The second-order valence-corrected chi connectivity index (χ2v) is 10.9. The van der Waals surface area contributed by atoms with Crippen LogP contribution in [0, 0.1) is 0 Å². The van der Waals surface area contributed by atoms with E-state index in [1.807, 2.05) is 35.3 Å². The Morgan fingerprint density at radius 3 is 1.34 bits per heavy atom. The number of aromatic nitrogens is 4. The molecule has 0 aliphatic carbocycles.